The van der Waals surface area contributed by atoms with Crippen molar-refractivity contribution in [3.05, 3.63) is 40.8 Å². The second-order valence-corrected chi connectivity index (χ2v) is 5.62. The van der Waals surface area contributed by atoms with E-state index in [1.54, 1.807) is 6.26 Å². The van der Waals surface area contributed by atoms with Crippen LogP contribution in [0.2, 0.25) is 5.28 Å². The summed E-state index contributed by atoms with van der Waals surface area (Å²) in [4.78, 5) is 8.48. The van der Waals surface area contributed by atoms with E-state index in [1.807, 2.05) is 26.0 Å². The van der Waals surface area contributed by atoms with Crippen LogP contribution in [0.4, 0.5) is 5.82 Å². The molecule has 0 unspecified atom stereocenters. The third-order valence-electron chi connectivity index (χ3n) is 3.35. The lowest BCUT2D eigenvalue weighted by molar-refractivity contribution is 0.515. The fraction of sp³-hybridized carbons (Fsp3) is 0.333. The molecule has 0 amide bonds. The van der Waals surface area contributed by atoms with Crippen LogP contribution in [-0.4, -0.2) is 16.0 Å². The monoisotopic (exact) mass is 320 g/mol. The number of nitrogens with zero attached hydrogens (tertiary/aromatic N) is 2. The minimum atomic E-state index is 0.00206. The predicted octanol–water partition coefficient (Wildman–Crippen LogP) is 3.28. The number of aryl methyl sites for hydroxylation is 1. The van der Waals surface area contributed by atoms with Crippen LogP contribution in [0.25, 0.3) is 11.1 Å². The van der Waals surface area contributed by atoms with Gasteiger partial charge in [0.05, 0.1) is 12.8 Å². The molecule has 1 atom stereocenters. The molecule has 0 fully saturated rings. The molecular formula is C15H17ClN4O2. The number of hydrogen-bond donors (Lipinski definition) is 2. The van der Waals surface area contributed by atoms with Gasteiger partial charge in [-0.1, -0.05) is 0 Å². The fourth-order valence-corrected chi connectivity index (χ4v) is 2.47. The first-order chi connectivity index (χ1) is 10.5. The third-order valence-corrected chi connectivity index (χ3v) is 3.52. The summed E-state index contributed by atoms with van der Waals surface area (Å²) in [5, 5.41) is 3.34. The summed E-state index contributed by atoms with van der Waals surface area (Å²) < 4.78 is 11.2. The first-order valence-electron chi connectivity index (χ1n) is 7.02. The Balaban J connectivity index is 1.98. The molecular weight excluding hydrogens is 304 g/mol. The highest BCUT2D eigenvalue weighted by Crippen LogP contribution is 2.30. The van der Waals surface area contributed by atoms with Crippen LogP contribution in [0.3, 0.4) is 0 Å². The molecule has 3 N–H and O–H groups in total. The van der Waals surface area contributed by atoms with E-state index >= 15 is 0 Å². The number of nitrogens with two attached hydrogens (primary N) is 1. The minimum absolute atomic E-state index is 0.00206. The molecule has 0 aliphatic rings. The molecule has 7 heteroatoms. The number of aromatic nitrogens is 2. The van der Waals surface area contributed by atoms with Crippen molar-refractivity contribution in [2.45, 2.75) is 32.9 Å². The van der Waals surface area contributed by atoms with Crippen LogP contribution in [0.15, 0.2) is 27.2 Å². The van der Waals surface area contributed by atoms with Crippen molar-refractivity contribution < 1.29 is 8.83 Å². The summed E-state index contributed by atoms with van der Waals surface area (Å²) in [5.74, 6) is 2.15. The maximum absolute atomic E-state index is 6.02. The van der Waals surface area contributed by atoms with Crippen LogP contribution in [0, 0.1) is 6.92 Å². The summed E-state index contributed by atoms with van der Waals surface area (Å²) in [6.07, 6.45) is 2.26. The van der Waals surface area contributed by atoms with E-state index < -0.39 is 0 Å². The van der Waals surface area contributed by atoms with Crippen molar-refractivity contribution in [2.24, 2.45) is 5.73 Å². The van der Waals surface area contributed by atoms with E-state index in [-0.39, 0.29) is 11.3 Å². The van der Waals surface area contributed by atoms with Crippen LogP contribution in [0.1, 0.15) is 24.0 Å². The summed E-state index contributed by atoms with van der Waals surface area (Å²) in [5.41, 5.74) is 8.09. The molecule has 116 valence electrons. The normalized spacial score (nSPS) is 12.7. The minimum Gasteiger partial charge on any atom is -0.467 e. The number of furan rings is 2. The Morgan fingerprint density at radius 3 is 2.91 bits per heavy atom. The molecule has 0 radical (unpaired) electrons. The lowest BCUT2D eigenvalue weighted by atomic mass is 10.1. The standard InChI is InChI=1S/C15H17ClN4O2/c1-8(17)6-11-9(2)12-13(22-11)14(20-15(16)19-12)18-7-10-4-3-5-21-10/h3-5,8H,6-7,17H2,1-2H3,(H,18,19,20)/t8-/m0/s1. The molecule has 0 aliphatic carbocycles. The zero-order valence-corrected chi connectivity index (χ0v) is 13.1. The smallest absolute Gasteiger partial charge is 0.225 e. The second kappa shape index (κ2) is 5.98. The van der Waals surface area contributed by atoms with Crippen molar-refractivity contribution in [2.75, 3.05) is 5.32 Å². The van der Waals surface area contributed by atoms with Crippen molar-refractivity contribution >= 4 is 28.5 Å². The van der Waals surface area contributed by atoms with Gasteiger partial charge in [-0.25, -0.2) is 4.98 Å². The lowest BCUT2D eigenvalue weighted by Gasteiger charge is -2.04. The van der Waals surface area contributed by atoms with E-state index in [4.69, 9.17) is 26.2 Å². The highest BCUT2D eigenvalue weighted by molar-refractivity contribution is 6.28. The zero-order chi connectivity index (χ0) is 15.7. The van der Waals surface area contributed by atoms with Gasteiger partial charge < -0.3 is 19.9 Å². The van der Waals surface area contributed by atoms with E-state index in [9.17, 15) is 0 Å². The van der Waals surface area contributed by atoms with Crippen molar-refractivity contribution in [1.82, 2.24) is 9.97 Å². The number of anilines is 1. The van der Waals surface area contributed by atoms with Gasteiger partial charge in [0, 0.05) is 18.0 Å². The van der Waals surface area contributed by atoms with Crippen molar-refractivity contribution in [3.63, 3.8) is 0 Å². The number of hydrogen-bond acceptors (Lipinski definition) is 6. The van der Waals surface area contributed by atoms with Crippen LogP contribution in [0.5, 0.6) is 0 Å². The van der Waals surface area contributed by atoms with Gasteiger partial charge >= 0.3 is 0 Å². The Labute approximate surface area is 132 Å². The molecule has 0 aromatic carbocycles. The number of nitrogens with one attached hydrogen (secondary N) is 1. The molecule has 3 rings (SSSR count). The highest BCUT2D eigenvalue weighted by Gasteiger charge is 2.18. The van der Waals surface area contributed by atoms with E-state index in [0.29, 0.717) is 29.9 Å². The summed E-state index contributed by atoms with van der Waals surface area (Å²) in [7, 11) is 0. The maximum Gasteiger partial charge on any atom is 0.225 e. The third kappa shape index (κ3) is 2.93. The fourth-order valence-electron chi connectivity index (χ4n) is 2.30. The van der Waals surface area contributed by atoms with Gasteiger partial charge in [0.2, 0.25) is 5.28 Å². The highest BCUT2D eigenvalue weighted by atomic mass is 35.5. The predicted molar refractivity (Wildman–Crippen MR) is 84.9 cm³/mol. The summed E-state index contributed by atoms with van der Waals surface area (Å²) in [6, 6.07) is 3.71. The Morgan fingerprint density at radius 1 is 1.41 bits per heavy atom. The van der Waals surface area contributed by atoms with Gasteiger partial charge in [0.1, 0.15) is 17.0 Å². The molecule has 0 saturated heterocycles. The first kappa shape index (κ1) is 14.9. The summed E-state index contributed by atoms with van der Waals surface area (Å²) in [6.45, 7) is 4.36. The van der Waals surface area contributed by atoms with Crippen LogP contribution >= 0.6 is 11.6 Å². The number of rotatable bonds is 5. The van der Waals surface area contributed by atoms with Crippen LogP contribution in [-0.2, 0) is 13.0 Å². The molecule has 22 heavy (non-hydrogen) atoms. The quantitative estimate of drug-likeness (QED) is 0.701. The molecule has 3 aromatic heterocycles. The van der Waals surface area contributed by atoms with Gasteiger partial charge in [-0.05, 0) is 37.6 Å². The van der Waals surface area contributed by atoms with Gasteiger partial charge in [-0.2, -0.15) is 4.98 Å². The molecule has 0 bridgehead atoms. The van der Waals surface area contributed by atoms with Gasteiger partial charge in [-0.3, -0.25) is 0 Å². The van der Waals surface area contributed by atoms with E-state index in [2.05, 4.69) is 15.3 Å². The average molecular weight is 321 g/mol. The van der Waals surface area contributed by atoms with Gasteiger partial charge in [0.25, 0.3) is 0 Å². The molecule has 0 saturated carbocycles. The topological polar surface area (TPSA) is 90.1 Å². The molecule has 0 aliphatic heterocycles. The SMILES string of the molecule is Cc1c(C[C@H](C)N)oc2c(NCc3ccco3)nc(Cl)nc12. The first-order valence-corrected chi connectivity index (χ1v) is 7.39. The van der Waals surface area contributed by atoms with Crippen molar-refractivity contribution in [1.29, 1.82) is 0 Å². The van der Waals surface area contributed by atoms with Gasteiger partial charge in [0.15, 0.2) is 11.4 Å². The largest absolute Gasteiger partial charge is 0.467 e. The van der Waals surface area contributed by atoms with Crippen LogP contribution < -0.4 is 11.1 Å². The Bertz CT molecular complexity index is 781. The Kier molecular flexibility index (Phi) is 4.04. The van der Waals surface area contributed by atoms with Crippen molar-refractivity contribution in [3.8, 4) is 0 Å². The molecule has 6 nitrogen and oxygen atoms in total. The number of halogens is 1. The molecule has 3 aromatic rings. The van der Waals surface area contributed by atoms with E-state index in [0.717, 1.165) is 17.1 Å². The maximum atomic E-state index is 6.02. The molecule has 3 heterocycles. The second-order valence-electron chi connectivity index (χ2n) is 5.28. The summed E-state index contributed by atoms with van der Waals surface area (Å²) >= 11 is 6.02. The number of fused-ring (bicyclic) bond motifs is 1. The lowest BCUT2D eigenvalue weighted by Crippen LogP contribution is -2.17. The van der Waals surface area contributed by atoms with Gasteiger partial charge in [-0.15, -0.1) is 0 Å². The molecule has 0 spiro atoms. The Morgan fingerprint density at radius 2 is 2.23 bits per heavy atom. The zero-order valence-electron chi connectivity index (χ0n) is 12.4. The van der Waals surface area contributed by atoms with E-state index in [1.165, 1.54) is 0 Å². The Hall–Kier alpha value is -2.05. The average Bonchev–Trinajstić information content (AvgIpc) is 3.07.